The van der Waals surface area contributed by atoms with Crippen LogP contribution in [0.5, 0.6) is 5.75 Å². The van der Waals surface area contributed by atoms with Gasteiger partial charge in [0.05, 0.1) is 25.0 Å². The highest BCUT2D eigenvalue weighted by molar-refractivity contribution is 6.30. The number of carbonyl (C=O) groups is 1. The number of methoxy groups -OCH3 is 1. The van der Waals surface area contributed by atoms with Crippen molar-refractivity contribution in [2.45, 2.75) is 6.92 Å². The number of aryl methyl sites for hydroxylation is 1. The molecule has 2 N–H and O–H groups in total. The monoisotopic (exact) mass is 458 g/mol. The predicted molar refractivity (Wildman–Crippen MR) is 133 cm³/mol. The lowest BCUT2D eigenvalue weighted by atomic mass is 10.1. The van der Waals surface area contributed by atoms with Gasteiger partial charge in [0.2, 0.25) is 11.9 Å². The first kappa shape index (κ1) is 22.3. The number of anilines is 2. The van der Waals surface area contributed by atoms with E-state index >= 15 is 0 Å². The summed E-state index contributed by atoms with van der Waals surface area (Å²) in [6.07, 6.45) is 0. The molecule has 7 heteroatoms. The molecule has 1 aromatic heterocycles. The van der Waals surface area contributed by atoms with Gasteiger partial charge in [-0.3, -0.25) is 10.1 Å². The number of hydrogen-bond donors (Lipinski definition) is 2. The summed E-state index contributed by atoms with van der Waals surface area (Å²) in [5, 5.41) is 6.45. The van der Waals surface area contributed by atoms with Crippen molar-refractivity contribution >= 4 is 29.1 Å². The van der Waals surface area contributed by atoms with Crippen molar-refractivity contribution in [1.29, 1.82) is 0 Å². The quantitative estimate of drug-likeness (QED) is 0.364. The van der Waals surface area contributed by atoms with E-state index in [2.05, 4.69) is 20.6 Å². The first-order valence-corrected chi connectivity index (χ1v) is 10.8. The van der Waals surface area contributed by atoms with Crippen molar-refractivity contribution < 1.29 is 9.53 Å². The van der Waals surface area contributed by atoms with Gasteiger partial charge in [-0.15, -0.1) is 0 Å². The first-order valence-electron chi connectivity index (χ1n) is 10.4. The largest absolute Gasteiger partial charge is 0.497 e. The van der Waals surface area contributed by atoms with Crippen LogP contribution in [0.3, 0.4) is 0 Å². The van der Waals surface area contributed by atoms with E-state index < -0.39 is 0 Å². The molecular formula is C26H23ClN4O2. The minimum Gasteiger partial charge on any atom is -0.497 e. The molecule has 166 valence electrons. The molecule has 0 saturated heterocycles. The number of benzene rings is 3. The Kier molecular flexibility index (Phi) is 6.86. The Bertz CT molecular complexity index is 1260. The molecular weight excluding hydrogens is 436 g/mol. The molecule has 0 aliphatic carbocycles. The van der Waals surface area contributed by atoms with Crippen molar-refractivity contribution in [2.75, 3.05) is 24.3 Å². The van der Waals surface area contributed by atoms with E-state index in [1.54, 1.807) is 19.2 Å². The molecule has 0 radical (unpaired) electrons. The summed E-state index contributed by atoms with van der Waals surface area (Å²) in [5.74, 6) is 0.723. The predicted octanol–water partition coefficient (Wildman–Crippen LogP) is 5.83. The molecule has 0 bridgehead atoms. The molecule has 0 fully saturated rings. The second-order valence-corrected chi connectivity index (χ2v) is 7.91. The molecule has 4 aromatic rings. The Labute approximate surface area is 197 Å². The van der Waals surface area contributed by atoms with Crippen LogP contribution in [0.4, 0.5) is 11.6 Å². The van der Waals surface area contributed by atoms with Gasteiger partial charge >= 0.3 is 0 Å². The Morgan fingerprint density at radius 1 is 0.909 bits per heavy atom. The Hall–Kier alpha value is -3.90. The van der Waals surface area contributed by atoms with Crippen LogP contribution in [0.25, 0.3) is 22.5 Å². The molecule has 33 heavy (non-hydrogen) atoms. The normalized spacial score (nSPS) is 10.5. The fraction of sp³-hybridized carbons (Fsp3) is 0.115. The molecule has 0 aliphatic heterocycles. The van der Waals surface area contributed by atoms with E-state index in [0.717, 1.165) is 28.1 Å². The summed E-state index contributed by atoms with van der Waals surface area (Å²) in [6, 6.07) is 24.7. The molecule has 1 heterocycles. The van der Waals surface area contributed by atoms with Crippen LogP contribution in [0.1, 0.15) is 5.56 Å². The van der Waals surface area contributed by atoms with Crippen LogP contribution < -0.4 is 15.4 Å². The molecule has 3 aromatic carbocycles. The van der Waals surface area contributed by atoms with E-state index in [9.17, 15) is 4.79 Å². The minimum atomic E-state index is -0.267. The maximum Gasteiger partial charge on any atom is 0.246 e. The summed E-state index contributed by atoms with van der Waals surface area (Å²) in [7, 11) is 1.63. The fourth-order valence-electron chi connectivity index (χ4n) is 3.23. The molecule has 1 amide bonds. The average Bonchev–Trinajstić information content (AvgIpc) is 2.83. The summed E-state index contributed by atoms with van der Waals surface area (Å²) in [6.45, 7) is 2.08. The molecule has 4 rings (SSSR count). The van der Waals surface area contributed by atoms with Gasteiger partial charge in [-0.2, -0.15) is 0 Å². The zero-order chi connectivity index (χ0) is 23.2. The fourth-order valence-corrected chi connectivity index (χ4v) is 3.42. The Morgan fingerprint density at radius 3 is 2.15 bits per heavy atom. The number of amides is 1. The minimum absolute atomic E-state index is 0.0519. The lowest BCUT2D eigenvalue weighted by Gasteiger charge is -2.11. The number of nitrogens with one attached hydrogen (secondary N) is 2. The van der Waals surface area contributed by atoms with Crippen molar-refractivity contribution in [3.63, 3.8) is 0 Å². The summed E-state index contributed by atoms with van der Waals surface area (Å²) in [5.41, 5.74) is 5.15. The lowest BCUT2D eigenvalue weighted by Crippen LogP contribution is -2.23. The molecule has 6 nitrogen and oxygen atoms in total. The van der Waals surface area contributed by atoms with Gasteiger partial charge in [0.15, 0.2) is 0 Å². The van der Waals surface area contributed by atoms with Gasteiger partial charge in [0, 0.05) is 21.8 Å². The standard InChI is InChI=1S/C26H23ClN4O2/c1-17-6-8-18(9-7-17)23-15-24(19-10-12-22(33-2)13-11-19)30-26(29-23)31-25(32)16-28-21-5-3-4-20(27)14-21/h3-15,28H,16H2,1-2H3,(H,29,30,31,32). The highest BCUT2D eigenvalue weighted by Gasteiger charge is 2.12. The third kappa shape index (κ3) is 5.87. The SMILES string of the molecule is COc1ccc(-c2cc(-c3ccc(C)cc3)nc(NC(=O)CNc3cccc(Cl)c3)n2)cc1. The van der Waals surface area contributed by atoms with E-state index in [0.29, 0.717) is 16.4 Å². The Balaban J connectivity index is 1.60. The number of aromatic nitrogens is 2. The first-order chi connectivity index (χ1) is 16.0. The zero-order valence-electron chi connectivity index (χ0n) is 18.3. The average molecular weight is 459 g/mol. The number of nitrogens with zero attached hydrogens (tertiary/aromatic N) is 2. The molecule has 0 saturated carbocycles. The van der Waals surface area contributed by atoms with Crippen LogP contribution >= 0.6 is 11.6 Å². The van der Waals surface area contributed by atoms with E-state index in [-0.39, 0.29) is 18.4 Å². The van der Waals surface area contributed by atoms with Crippen LogP contribution in [0.15, 0.2) is 78.9 Å². The number of ether oxygens (including phenoxy) is 1. The summed E-state index contributed by atoms with van der Waals surface area (Å²) >= 11 is 6.00. The third-order valence-electron chi connectivity index (χ3n) is 4.99. The van der Waals surface area contributed by atoms with E-state index in [4.69, 9.17) is 16.3 Å². The van der Waals surface area contributed by atoms with E-state index in [1.807, 2.05) is 73.7 Å². The summed E-state index contributed by atoms with van der Waals surface area (Å²) in [4.78, 5) is 21.8. The van der Waals surface area contributed by atoms with Gasteiger partial charge in [-0.1, -0.05) is 47.5 Å². The zero-order valence-corrected chi connectivity index (χ0v) is 19.1. The van der Waals surface area contributed by atoms with Crippen molar-refractivity contribution in [1.82, 2.24) is 9.97 Å². The van der Waals surface area contributed by atoms with Gasteiger partial charge in [-0.05, 0) is 55.5 Å². The van der Waals surface area contributed by atoms with Gasteiger partial charge in [-0.25, -0.2) is 9.97 Å². The molecule has 0 atom stereocenters. The third-order valence-corrected chi connectivity index (χ3v) is 5.22. The van der Waals surface area contributed by atoms with Crippen LogP contribution in [-0.4, -0.2) is 29.5 Å². The van der Waals surface area contributed by atoms with Gasteiger partial charge in [0.1, 0.15) is 5.75 Å². The highest BCUT2D eigenvalue weighted by Crippen LogP contribution is 2.27. The number of carbonyl (C=O) groups excluding carboxylic acids is 1. The topological polar surface area (TPSA) is 76.1 Å². The van der Waals surface area contributed by atoms with Crippen LogP contribution in [-0.2, 0) is 4.79 Å². The van der Waals surface area contributed by atoms with Crippen LogP contribution in [0.2, 0.25) is 5.02 Å². The molecule has 0 spiro atoms. The lowest BCUT2D eigenvalue weighted by molar-refractivity contribution is -0.114. The maximum atomic E-state index is 12.6. The number of halogens is 1. The smallest absolute Gasteiger partial charge is 0.246 e. The summed E-state index contributed by atoms with van der Waals surface area (Å²) < 4.78 is 5.25. The van der Waals surface area contributed by atoms with Gasteiger partial charge in [0.25, 0.3) is 0 Å². The van der Waals surface area contributed by atoms with Crippen molar-refractivity contribution in [3.05, 3.63) is 89.4 Å². The van der Waals surface area contributed by atoms with Crippen molar-refractivity contribution in [3.8, 4) is 28.3 Å². The highest BCUT2D eigenvalue weighted by atomic mass is 35.5. The second-order valence-electron chi connectivity index (χ2n) is 7.47. The van der Waals surface area contributed by atoms with Gasteiger partial charge < -0.3 is 10.1 Å². The Morgan fingerprint density at radius 2 is 1.55 bits per heavy atom. The second kappa shape index (κ2) is 10.1. The number of rotatable bonds is 7. The number of hydrogen-bond acceptors (Lipinski definition) is 5. The maximum absolute atomic E-state index is 12.6. The van der Waals surface area contributed by atoms with E-state index in [1.165, 1.54) is 0 Å². The molecule has 0 aliphatic rings. The molecule has 0 unspecified atom stereocenters. The van der Waals surface area contributed by atoms with Crippen LogP contribution in [0, 0.1) is 6.92 Å². The van der Waals surface area contributed by atoms with Crippen molar-refractivity contribution in [2.24, 2.45) is 0 Å².